The zero-order valence-electron chi connectivity index (χ0n) is 11.8. The predicted octanol–water partition coefficient (Wildman–Crippen LogP) is 1.94. The lowest BCUT2D eigenvalue weighted by Crippen LogP contribution is -2.41. The minimum atomic E-state index is -0.172. The van der Waals surface area contributed by atoms with Crippen LogP contribution in [-0.4, -0.2) is 30.8 Å². The van der Waals surface area contributed by atoms with Crippen LogP contribution < -0.4 is 10.6 Å². The minimum Gasteiger partial charge on any atom is -0.396 e. The van der Waals surface area contributed by atoms with Gasteiger partial charge < -0.3 is 15.7 Å². The molecule has 0 spiro atoms. The molecule has 0 bridgehead atoms. The molecule has 4 heteroatoms. The second-order valence-corrected chi connectivity index (χ2v) is 5.51. The summed E-state index contributed by atoms with van der Waals surface area (Å²) in [6, 6.07) is 10.1. The molecule has 0 unspecified atom stereocenters. The molecular weight excluding hydrogens is 240 g/mol. The average molecular weight is 264 g/mol. The topological polar surface area (TPSA) is 61.4 Å². The van der Waals surface area contributed by atoms with Crippen molar-refractivity contribution >= 4 is 6.03 Å². The van der Waals surface area contributed by atoms with Crippen molar-refractivity contribution in [1.82, 2.24) is 10.6 Å². The summed E-state index contributed by atoms with van der Waals surface area (Å²) in [5.41, 5.74) is 1.28. The van der Waals surface area contributed by atoms with Gasteiger partial charge in [-0.05, 0) is 23.8 Å². The van der Waals surface area contributed by atoms with Gasteiger partial charge in [0.05, 0.1) is 0 Å². The summed E-state index contributed by atoms with van der Waals surface area (Å²) < 4.78 is 0. The van der Waals surface area contributed by atoms with Gasteiger partial charge in [-0.15, -0.1) is 0 Å². The van der Waals surface area contributed by atoms with E-state index in [0.29, 0.717) is 19.5 Å². The number of amides is 2. The highest BCUT2D eigenvalue weighted by molar-refractivity contribution is 5.73. The van der Waals surface area contributed by atoms with Crippen molar-refractivity contribution in [2.75, 3.05) is 19.7 Å². The molecule has 3 N–H and O–H groups in total. The zero-order valence-corrected chi connectivity index (χ0v) is 11.8. The summed E-state index contributed by atoms with van der Waals surface area (Å²) in [5.74, 6) is 0. The Balaban J connectivity index is 2.32. The Morgan fingerprint density at radius 3 is 2.53 bits per heavy atom. The van der Waals surface area contributed by atoms with Gasteiger partial charge in [-0.1, -0.05) is 44.2 Å². The fraction of sp³-hybridized carbons (Fsp3) is 0.533. The van der Waals surface area contributed by atoms with Crippen LogP contribution in [0.4, 0.5) is 4.79 Å². The van der Waals surface area contributed by atoms with E-state index in [9.17, 15) is 4.79 Å². The Hall–Kier alpha value is -1.55. The van der Waals surface area contributed by atoms with E-state index in [2.05, 4.69) is 36.6 Å². The fourth-order valence-electron chi connectivity index (χ4n) is 1.87. The molecule has 0 aliphatic heterocycles. The summed E-state index contributed by atoms with van der Waals surface area (Å²) in [7, 11) is 0. The summed E-state index contributed by atoms with van der Waals surface area (Å²) >= 11 is 0. The van der Waals surface area contributed by atoms with E-state index in [1.54, 1.807) is 0 Å². The van der Waals surface area contributed by atoms with Crippen LogP contribution in [0.15, 0.2) is 30.3 Å². The van der Waals surface area contributed by atoms with Crippen molar-refractivity contribution in [1.29, 1.82) is 0 Å². The number of carbonyl (C=O) groups excluding carboxylic acids is 1. The van der Waals surface area contributed by atoms with E-state index in [-0.39, 0.29) is 18.1 Å². The molecule has 0 radical (unpaired) electrons. The number of aliphatic hydroxyl groups excluding tert-OH is 1. The van der Waals surface area contributed by atoms with Crippen LogP contribution in [0.1, 0.15) is 25.8 Å². The second kappa shape index (κ2) is 7.79. The Kier molecular flexibility index (Phi) is 6.36. The molecule has 1 rings (SSSR count). The molecule has 0 aromatic heterocycles. The number of hydrogen-bond donors (Lipinski definition) is 3. The Labute approximate surface area is 115 Å². The van der Waals surface area contributed by atoms with Crippen LogP contribution in [0, 0.1) is 5.41 Å². The van der Waals surface area contributed by atoms with E-state index in [4.69, 9.17) is 5.11 Å². The van der Waals surface area contributed by atoms with Gasteiger partial charge in [-0.25, -0.2) is 4.79 Å². The molecular formula is C15H24N2O2. The van der Waals surface area contributed by atoms with E-state index in [1.165, 1.54) is 5.56 Å². The number of carbonyl (C=O) groups is 1. The van der Waals surface area contributed by atoms with Crippen molar-refractivity contribution in [3.8, 4) is 0 Å². The summed E-state index contributed by atoms with van der Waals surface area (Å²) in [5, 5.41) is 14.2. The van der Waals surface area contributed by atoms with E-state index in [1.807, 2.05) is 18.2 Å². The maximum atomic E-state index is 11.5. The summed E-state index contributed by atoms with van der Waals surface area (Å²) in [4.78, 5) is 11.5. The number of aliphatic hydroxyl groups is 1. The lowest BCUT2D eigenvalue weighted by molar-refractivity contribution is 0.231. The molecule has 106 valence electrons. The van der Waals surface area contributed by atoms with E-state index in [0.717, 1.165) is 6.42 Å². The first-order valence-electron chi connectivity index (χ1n) is 6.70. The first-order valence-corrected chi connectivity index (χ1v) is 6.70. The van der Waals surface area contributed by atoms with Crippen LogP contribution >= 0.6 is 0 Å². The summed E-state index contributed by atoms with van der Waals surface area (Å²) in [6.07, 6.45) is 1.51. The molecule has 0 atom stereocenters. The van der Waals surface area contributed by atoms with Gasteiger partial charge in [-0.2, -0.15) is 0 Å². The second-order valence-electron chi connectivity index (χ2n) is 5.51. The van der Waals surface area contributed by atoms with Crippen molar-refractivity contribution < 1.29 is 9.90 Å². The lowest BCUT2D eigenvalue weighted by atomic mass is 9.86. The highest BCUT2D eigenvalue weighted by atomic mass is 16.3. The first kappa shape index (κ1) is 15.5. The largest absolute Gasteiger partial charge is 0.396 e. The number of urea groups is 1. The van der Waals surface area contributed by atoms with Crippen molar-refractivity contribution in [3.63, 3.8) is 0 Å². The van der Waals surface area contributed by atoms with Gasteiger partial charge in [0.2, 0.25) is 0 Å². The zero-order chi connectivity index (χ0) is 14.1. The van der Waals surface area contributed by atoms with Crippen LogP contribution in [0.25, 0.3) is 0 Å². The quantitative estimate of drug-likeness (QED) is 0.659. The number of nitrogens with one attached hydrogen (secondary N) is 2. The van der Waals surface area contributed by atoms with E-state index < -0.39 is 0 Å². The molecule has 0 heterocycles. The molecule has 0 aliphatic rings. The smallest absolute Gasteiger partial charge is 0.314 e. The number of rotatable bonds is 7. The van der Waals surface area contributed by atoms with Gasteiger partial charge in [0.1, 0.15) is 0 Å². The van der Waals surface area contributed by atoms with Gasteiger partial charge in [0.15, 0.2) is 0 Å². The normalized spacial score (nSPS) is 11.1. The predicted molar refractivity (Wildman–Crippen MR) is 77.0 cm³/mol. The van der Waals surface area contributed by atoms with Crippen LogP contribution in [0.3, 0.4) is 0 Å². The highest BCUT2D eigenvalue weighted by Crippen LogP contribution is 2.20. The van der Waals surface area contributed by atoms with Crippen molar-refractivity contribution in [2.24, 2.45) is 5.41 Å². The molecule has 0 saturated carbocycles. The van der Waals surface area contributed by atoms with Gasteiger partial charge in [0.25, 0.3) is 0 Å². The molecule has 2 amide bonds. The molecule has 0 fully saturated rings. The van der Waals surface area contributed by atoms with Gasteiger partial charge in [-0.3, -0.25) is 0 Å². The van der Waals surface area contributed by atoms with Crippen LogP contribution in [0.2, 0.25) is 0 Å². The maximum absolute atomic E-state index is 11.5. The third-order valence-electron chi connectivity index (χ3n) is 2.87. The third kappa shape index (κ3) is 6.82. The third-order valence-corrected chi connectivity index (χ3v) is 2.87. The monoisotopic (exact) mass is 264 g/mol. The number of hydrogen-bond acceptors (Lipinski definition) is 2. The minimum absolute atomic E-state index is 0.00960. The Morgan fingerprint density at radius 2 is 1.89 bits per heavy atom. The maximum Gasteiger partial charge on any atom is 0.314 e. The number of benzene rings is 1. The van der Waals surface area contributed by atoms with Crippen LogP contribution in [-0.2, 0) is 6.42 Å². The van der Waals surface area contributed by atoms with Gasteiger partial charge >= 0.3 is 6.03 Å². The Bertz CT molecular complexity index is 377. The van der Waals surface area contributed by atoms with Crippen molar-refractivity contribution in [2.45, 2.75) is 26.7 Å². The van der Waals surface area contributed by atoms with Crippen molar-refractivity contribution in [3.05, 3.63) is 35.9 Å². The molecule has 0 saturated heterocycles. The molecule has 4 nitrogen and oxygen atoms in total. The fourth-order valence-corrected chi connectivity index (χ4v) is 1.87. The average Bonchev–Trinajstić information content (AvgIpc) is 2.38. The first-order chi connectivity index (χ1) is 9.03. The molecule has 19 heavy (non-hydrogen) atoms. The lowest BCUT2D eigenvalue weighted by Gasteiger charge is -2.25. The SMILES string of the molecule is CC(C)(CNC(=O)NCCCO)Cc1ccccc1. The van der Waals surface area contributed by atoms with E-state index >= 15 is 0 Å². The molecule has 1 aromatic carbocycles. The molecule has 0 aliphatic carbocycles. The molecule has 1 aromatic rings. The summed E-state index contributed by atoms with van der Waals surface area (Å²) in [6.45, 7) is 5.48. The van der Waals surface area contributed by atoms with Gasteiger partial charge in [0, 0.05) is 19.7 Å². The highest BCUT2D eigenvalue weighted by Gasteiger charge is 2.19. The van der Waals surface area contributed by atoms with Crippen LogP contribution in [0.5, 0.6) is 0 Å². The Morgan fingerprint density at radius 1 is 1.21 bits per heavy atom. The standard InChI is InChI=1S/C15H24N2O2/c1-15(2,11-13-7-4-3-5-8-13)12-17-14(19)16-9-6-10-18/h3-5,7-8,18H,6,9-12H2,1-2H3,(H2,16,17,19).